The highest BCUT2D eigenvalue weighted by molar-refractivity contribution is 6.10. The standard InChI is InChI=1S/C25H32O5/c26-24(20-6-2-1-3-7-20)21-8-12-25(13-9-21,10-4-14-27-16-22-18-29-22)11-5-15-28-17-23-19-30-23/h1-3,6-9,12,22-23H,4-5,10-11,13-19H2. The van der Waals surface area contributed by atoms with Gasteiger partial charge in [-0.2, -0.15) is 0 Å². The predicted octanol–water partition coefficient (Wildman–Crippen LogP) is 4.13. The lowest BCUT2D eigenvalue weighted by atomic mass is 9.73. The number of ketones is 1. The van der Waals surface area contributed by atoms with Gasteiger partial charge in [-0.05, 0) is 37.5 Å². The van der Waals surface area contributed by atoms with Crippen molar-refractivity contribution in [3.63, 3.8) is 0 Å². The zero-order valence-electron chi connectivity index (χ0n) is 17.6. The summed E-state index contributed by atoms with van der Waals surface area (Å²) in [7, 11) is 0. The van der Waals surface area contributed by atoms with Crippen LogP contribution in [-0.2, 0) is 18.9 Å². The Hall–Kier alpha value is -1.79. The average Bonchev–Trinajstić information content (AvgIpc) is 3.70. The molecule has 2 atom stereocenters. The molecule has 5 heteroatoms. The Morgan fingerprint density at radius 2 is 1.57 bits per heavy atom. The minimum absolute atomic E-state index is 0.0688. The first kappa shape index (κ1) is 21.4. The van der Waals surface area contributed by atoms with Crippen LogP contribution in [0.3, 0.4) is 0 Å². The lowest BCUT2D eigenvalue weighted by Gasteiger charge is -2.32. The summed E-state index contributed by atoms with van der Waals surface area (Å²) in [5.41, 5.74) is 1.60. The number of Topliss-reactive ketones (excluding diaryl/α,β-unsaturated/α-hetero) is 1. The summed E-state index contributed by atoms with van der Waals surface area (Å²) in [6, 6.07) is 9.50. The second-order valence-corrected chi connectivity index (χ2v) is 8.52. The van der Waals surface area contributed by atoms with Crippen molar-refractivity contribution in [1.82, 2.24) is 0 Å². The fraction of sp³-hybridized carbons (Fsp3) is 0.560. The summed E-state index contributed by atoms with van der Waals surface area (Å²) in [6.07, 6.45) is 12.0. The SMILES string of the molecule is O=C(C1=CCC(CCCOCC2CO2)(CCCOCC2CO2)C=C1)c1ccccc1. The van der Waals surface area contributed by atoms with Gasteiger partial charge in [0.1, 0.15) is 12.2 Å². The van der Waals surface area contributed by atoms with Crippen molar-refractivity contribution >= 4 is 5.78 Å². The van der Waals surface area contributed by atoms with E-state index in [9.17, 15) is 4.79 Å². The zero-order valence-corrected chi connectivity index (χ0v) is 17.6. The number of hydrogen-bond acceptors (Lipinski definition) is 5. The fourth-order valence-corrected chi connectivity index (χ4v) is 3.95. The average molecular weight is 413 g/mol. The van der Waals surface area contributed by atoms with Crippen LogP contribution in [0.25, 0.3) is 0 Å². The molecule has 2 heterocycles. The quantitative estimate of drug-likeness (QED) is 0.261. The lowest BCUT2D eigenvalue weighted by molar-refractivity contribution is 0.0952. The molecular formula is C25H32O5. The molecule has 0 spiro atoms. The van der Waals surface area contributed by atoms with E-state index < -0.39 is 0 Å². The van der Waals surface area contributed by atoms with Crippen LogP contribution < -0.4 is 0 Å². The summed E-state index contributed by atoms with van der Waals surface area (Å²) in [5, 5.41) is 0. The molecule has 1 aromatic rings. The second-order valence-electron chi connectivity index (χ2n) is 8.52. The van der Waals surface area contributed by atoms with E-state index >= 15 is 0 Å². The van der Waals surface area contributed by atoms with Gasteiger partial charge < -0.3 is 18.9 Å². The monoisotopic (exact) mass is 412 g/mol. The Bertz CT molecular complexity index is 724. The van der Waals surface area contributed by atoms with Crippen molar-refractivity contribution in [2.45, 2.75) is 44.3 Å². The van der Waals surface area contributed by atoms with E-state index in [1.165, 1.54) is 0 Å². The van der Waals surface area contributed by atoms with Crippen molar-refractivity contribution in [3.05, 3.63) is 59.7 Å². The number of carbonyl (C=O) groups excluding carboxylic acids is 1. The van der Waals surface area contributed by atoms with Gasteiger partial charge in [-0.15, -0.1) is 0 Å². The van der Waals surface area contributed by atoms with Gasteiger partial charge in [-0.1, -0.05) is 48.6 Å². The Morgan fingerprint density at radius 1 is 0.967 bits per heavy atom. The van der Waals surface area contributed by atoms with Crippen LogP contribution in [0.5, 0.6) is 0 Å². The molecule has 1 aliphatic carbocycles. The van der Waals surface area contributed by atoms with Crippen molar-refractivity contribution < 1.29 is 23.7 Å². The highest BCUT2D eigenvalue weighted by atomic mass is 16.6. The first-order chi connectivity index (χ1) is 14.7. The molecule has 3 aliphatic rings. The summed E-state index contributed by atoms with van der Waals surface area (Å²) in [6.45, 7) is 4.59. The van der Waals surface area contributed by atoms with Crippen molar-refractivity contribution in [2.24, 2.45) is 5.41 Å². The molecule has 2 saturated heterocycles. The molecule has 0 amide bonds. The Morgan fingerprint density at radius 3 is 2.07 bits per heavy atom. The molecule has 0 N–H and O–H groups in total. The highest BCUT2D eigenvalue weighted by Gasteiger charge is 2.29. The topological polar surface area (TPSA) is 60.6 Å². The number of epoxide rings is 2. The summed E-state index contributed by atoms with van der Waals surface area (Å²) < 4.78 is 21.8. The number of allylic oxidation sites excluding steroid dienone is 4. The van der Waals surface area contributed by atoms with Crippen molar-refractivity contribution in [2.75, 3.05) is 39.6 Å². The minimum atomic E-state index is 0.0688. The van der Waals surface area contributed by atoms with Crippen LogP contribution in [0, 0.1) is 5.41 Å². The number of hydrogen-bond donors (Lipinski definition) is 0. The summed E-state index contributed by atoms with van der Waals surface area (Å²) >= 11 is 0. The highest BCUT2D eigenvalue weighted by Crippen LogP contribution is 2.39. The maximum Gasteiger partial charge on any atom is 0.192 e. The van der Waals surface area contributed by atoms with Crippen LogP contribution in [-0.4, -0.2) is 57.6 Å². The molecule has 0 aromatic heterocycles. The molecule has 0 radical (unpaired) electrons. The third kappa shape index (κ3) is 6.61. The van der Waals surface area contributed by atoms with Gasteiger partial charge in [-0.25, -0.2) is 0 Å². The van der Waals surface area contributed by atoms with Crippen LogP contribution in [0.4, 0.5) is 0 Å². The lowest BCUT2D eigenvalue weighted by Crippen LogP contribution is -2.22. The van der Waals surface area contributed by atoms with Gasteiger partial charge in [0.05, 0.1) is 26.4 Å². The van der Waals surface area contributed by atoms with Gasteiger partial charge in [0, 0.05) is 24.4 Å². The van der Waals surface area contributed by atoms with Crippen LogP contribution in [0.15, 0.2) is 54.1 Å². The summed E-state index contributed by atoms with van der Waals surface area (Å²) in [5.74, 6) is 0.0981. The predicted molar refractivity (Wildman–Crippen MR) is 115 cm³/mol. The number of ether oxygens (including phenoxy) is 4. The molecule has 2 unspecified atom stereocenters. The molecular weight excluding hydrogens is 380 g/mol. The molecule has 162 valence electrons. The first-order valence-corrected chi connectivity index (χ1v) is 11.1. The number of benzene rings is 1. The Kier molecular flexibility index (Phi) is 7.50. The molecule has 2 aliphatic heterocycles. The van der Waals surface area contributed by atoms with E-state index in [0.29, 0.717) is 25.4 Å². The maximum absolute atomic E-state index is 12.8. The van der Waals surface area contributed by atoms with Gasteiger partial charge in [0.25, 0.3) is 0 Å². The van der Waals surface area contributed by atoms with Crippen LogP contribution >= 0.6 is 0 Å². The molecule has 0 bridgehead atoms. The second kappa shape index (κ2) is 10.5. The van der Waals surface area contributed by atoms with Gasteiger partial charge in [0.15, 0.2) is 5.78 Å². The van der Waals surface area contributed by atoms with Gasteiger partial charge >= 0.3 is 0 Å². The molecule has 2 fully saturated rings. The van der Waals surface area contributed by atoms with E-state index in [2.05, 4.69) is 12.2 Å². The molecule has 4 rings (SSSR count). The molecule has 5 nitrogen and oxygen atoms in total. The fourth-order valence-electron chi connectivity index (χ4n) is 3.95. The van der Waals surface area contributed by atoms with Gasteiger partial charge in [-0.3, -0.25) is 4.79 Å². The maximum atomic E-state index is 12.8. The number of carbonyl (C=O) groups is 1. The Balaban J connectivity index is 1.29. The van der Waals surface area contributed by atoms with Crippen molar-refractivity contribution in [3.8, 4) is 0 Å². The molecule has 30 heavy (non-hydrogen) atoms. The number of rotatable bonds is 14. The Labute approximate surface area is 179 Å². The van der Waals surface area contributed by atoms with Crippen molar-refractivity contribution in [1.29, 1.82) is 0 Å². The van der Waals surface area contributed by atoms with E-state index in [4.69, 9.17) is 18.9 Å². The normalized spacial score (nSPS) is 27.0. The first-order valence-electron chi connectivity index (χ1n) is 11.1. The summed E-state index contributed by atoms with van der Waals surface area (Å²) in [4.78, 5) is 12.8. The largest absolute Gasteiger partial charge is 0.379 e. The van der Waals surface area contributed by atoms with Crippen LogP contribution in [0.2, 0.25) is 0 Å². The van der Waals surface area contributed by atoms with E-state index in [0.717, 1.165) is 69.7 Å². The zero-order chi connectivity index (χ0) is 20.7. The van der Waals surface area contributed by atoms with Crippen LogP contribution in [0.1, 0.15) is 42.5 Å². The third-order valence-electron chi connectivity index (χ3n) is 5.98. The minimum Gasteiger partial charge on any atom is -0.379 e. The molecule has 1 aromatic carbocycles. The third-order valence-corrected chi connectivity index (χ3v) is 5.98. The van der Waals surface area contributed by atoms with E-state index in [-0.39, 0.29) is 11.2 Å². The smallest absolute Gasteiger partial charge is 0.192 e. The molecule has 0 saturated carbocycles. The van der Waals surface area contributed by atoms with Gasteiger partial charge in [0.2, 0.25) is 0 Å². The van der Waals surface area contributed by atoms with E-state index in [1.54, 1.807) is 0 Å². The van der Waals surface area contributed by atoms with E-state index in [1.807, 2.05) is 36.4 Å².